The molecule has 0 amide bonds. The summed E-state index contributed by atoms with van der Waals surface area (Å²) >= 11 is 0. The second kappa shape index (κ2) is 4.41. The molecule has 1 aromatic rings. The second-order valence-corrected chi connectivity index (χ2v) is 4.11. The van der Waals surface area contributed by atoms with Crippen molar-refractivity contribution in [3.63, 3.8) is 0 Å². The molecule has 0 aromatic carbocycles. The highest BCUT2D eigenvalue weighted by Gasteiger charge is 2.26. The molecule has 2 atom stereocenters. The minimum absolute atomic E-state index is 0.400. The number of nitrogens with two attached hydrogens (primary N) is 1. The molecule has 1 heterocycles. The first-order valence-corrected chi connectivity index (χ1v) is 5.35. The lowest BCUT2D eigenvalue weighted by Crippen LogP contribution is -2.09. The molecule has 0 radical (unpaired) electrons. The molecule has 1 aliphatic carbocycles. The van der Waals surface area contributed by atoms with Gasteiger partial charge in [0.1, 0.15) is 6.07 Å². The molecule has 0 saturated heterocycles. The summed E-state index contributed by atoms with van der Waals surface area (Å²) in [6.45, 7) is 0.762. The molecule has 1 saturated carbocycles. The van der Waals surface area contributed by atoms with Crippen molar-refractivity contribution in [1.82, 2.24) is 15.0 Å². The van der Waals surface area contributed by atoms with Crippen LogP contribution in [0.15, 0.2) is 6.20 Å². The molecule has 0 spiro atoms. The van der Waals surface area contributed by atoms with Gasteiger partial charge in [-0.3, -0.25) is 0 Å². The van der Waals surface area contributed by atoms with Crippen molar-refractivity contribution in [2.24, 2.45) is 11.7 Å². The van der Waals surface area contributed by atoms with Crippen LogP contribution in [0.25, 0.3) is 0 Å². The number of nitrogens with zero attached hydrogens (tertiary/aromatic N) is 4. The molecule has 80 valence electrons. The van der Waals surface area contributed by atoms with Crippen LogP contribution in [0.5, 0.6) is 0 Å². The van der Waals surface area contributed by atoms with Gasteiger partial charge in [-0.2, -0.15) is 5.26 Å². The normalized spacial score (nSPS) is 25.3. The van der Waals surface area contributed by atoms with E-state index in [9.17, 15) is 0 Å². The van der Waals surface area contributed by atoms with E-state index in [4.69, 9.17) is 11.0 Å². The molecule has 2 unspecified atom stereocenters. The van der Waals surface area contributed by atoms with E-state index in [-0.39, 0.29) is 0 Å². The Hall–Kier alpha value is -1.41. The van der Waals surface area contributed by atoms with Crippen LogP contribution in [0.3, 0.4) is 0 Å². The van der Waals surface area contributed by atoms with E-state index in [0.717, 1.165) is 31.7 Å². The van der Waals surface area contributed by atoms with Crippen LogP contribution in [0.2, 0.25) is 0 Å². The first-order chi connectivity index (χ1) is 7.33. The average Bonchev–Trinajstić information content (AvgIpc) is 2.85. The first kappa shape index (κ1) is 10.1. The van der Waals surface area contributed by atoms with Crippen molar-refractivity contribution in [2.45, 2.75) is 31.7 Å². The third-order valence-electron chi connectivity index (χ3n) is 3.09. The van der Waals surface area contributed by atoms with Crippen molar-refractivity contribution in [3.05, 3.63) is 11.9 Å². The number of rotatable bonds is 3. The largest absolute Gasteiger partial charge is 0.330 e. The van der Waals surface area contributed by atoms with Gasteiger partial charge in [-0.15, -0.1) is 5.10 Å². The quantitative estimate of drug-likeness (QED) is 0.792. The molecular formula is C10H15N5. The first-order valence-electron chi connectivity index (χ1n) is 5.35. The third-order valence-corrected chi connectivity index (χ3v) is 3.09. The maximum atomic E-state index is 8.65. The van der Waals surface area contributed by atoms with E-state index in [2.05, 4.69) is 10.3 Å². The summed E-state index contributed by atoms with van der Waals surface area (Å²) in [4.78, 5) is 0. The van der Waals surface area contributed by atoms with Crippen LogP contribution >= 0.6 is 0 Å². The van der Waals surface area contributed by atoms with Gasteiger partial charge >= 0.3 is 0 Å². The molecule has 0 aliphatic heterocycles. The third kappa shape index (κ3) is 2.16. The van der Waals surface area contributed by atoms with Gasteiger partial charge in [0, 0.05) is 0 Å². The maximum Gasteiger partial charge on any atom is 0.182 e. The Morgan fingerprint density at radius 1 is 1.60 bits per heavy atom. The molecule has 1 aromatic heterocycles. The highest BCUT2D eigenvalue weighted by atomic mass is 15.4. The second-order valence-electron chi connectivity index (χ2n) is 4.11. The summed E-state index contributed by atoms with van der Waals surface area (Å²) in [5, 5.41) is 16.4. The number of hydrogen-bond acceptors (Lipinski definition) is 4. The van der Waals surface area contributed by atoms with Crippen LogP contribution in [0, 0.1) is 17.2 Å². The monoisotopic (exact) mass is 205 g/mol. The Kier molecular flexibility index (Phi) is 2.97. The maximum absolute atomic E-state index is 8.65. The molecule has 5 heteroatoms. The van der Waals surface area contributed by atoms with E-state index < -0.39 is 0 Å². The summed E-state index contributed by atoms with van der Waals surface area (Å²) in [7, 11) is 0. The van der Waals surface area contributed by atoms with Gasteiger partial charge in [0.15, 0.2) is 5.69 Å². The molecule has 1 fully saturated rings. The Morgan fingerprint density at radius 2 is 2.47 bits per heavy atom. The molecule has 1 aliphatic rings. The predicted molar refractivity (Wildman–Crippen MR) is 54.8 cm³/mol. The Balaban J connectivity index is 1.98. The fourth-order valence-corrected chi connectivity index (χ4v) is 2.29. The van der Waals surface area contributed by atoms with Gasteiger partial charge < -0.3 is 5.73 Å². The number of nitriles is 1. The molecule has 2 rings (SSSR count). The average molecular weight is 205 g/mol. The van der Waals surface area contributed by atoms with Crippen LogP contribution in [-0.4, -0.2) is 21.5 Å². The fourth-order valence-electron chi connectivity index (χ4n) is 2.29. The van der Waals surface area contributed by atoms with Gasteiger partial charge in [0.25, 0.3) is 0 Å². The highest BCUT2D eigenvalue weighted by Crippen LogP contribution is 2.35. The van der Waals surface area contributed by atoms with E-state index >= 15 is 0 Å². The molecule has 2 N–H and O–H groups in total. The van der Waals surface area contributed by atoms with E-state index in [1.165, 1.54) is 6.42 Å². The smallest absolute Gasteiger partial charge is 0.182 e. The Morgan fingerprint density at radius 3 is 3.13 bits per heavy atom. The summed E-state index contributed by atoms with van der Waals surface area (Å²) in [6, 6.07) is 2.41. The van der Waals surface area contributed by atoms with Gasteiger partial charge in [-0.25, -0.2) is 4.68 Å². The van der Waals surface area contributed by atoms with Gasteiger partial charge in [0.05, 0.1) is 12.2 Å². The van der Waals surface area contributed by atoms with Gasteiger partial charge in [-0.1, -0.05) is 5.21 Å². The summed E-state index contributed by atoms with van der Waals surface area (Å²) in [6.07, 6.45) is 6.28. The molecule has 0 bridgehead atoms. The highest BCUT2D eigenvalue weighted by molar-refractivity contribution is 5.13. The molecule has 15 heavy (non-hydrogen) atoms. The fraction of sp³-hybridized carbons (Fsp3) is 0.700. The molecular weight excluding hydrogens is 190 g/mol. The van der Waals surface area contributed by atoms with E-state index in [0.29, 0.717) is 11.7 Å². The van der Waals surface area contributed by atoms with Crippen LogP contribution in [0.1, 0.15) is 37.4 Å². The number of aromatic nitrogens is 3. The minimum Gasteiger partial charge on any atom is -0.330 e. The van der Waals surface area contributed by atoms with Crippen molar-refractivity contribution in [2.75, 3.05) is 6.54 Å². The van der Waals surface area contributed by atoms with Crippen LogP contribution < -0.4 is 5.73 Å². The minimum atomic E-state index is 0.400. The van der Waals surface area contributed by atoms with Crippen molar-refractivity contribution in [3.8, 4) is 6.07 Å². The lowest BCUT2D eigenvalue weighted by Gasteiger charge is -2.09. The topological polar surface area (TPSA) is 80.5 Å². The standard InChI is InChI=1S/C10H15N5/c11-4-3-8-1-2-10(5-8)15-7-9(6-12)13-14-15/h7-8,10H,1-5,11H2. The Bertz CT molecular complexity index is 364. The Labute approximate surface area is 88.9 Å². The van der Waals surface area contributed by atoms with Gasteiger partial charge in [0.2, 0.25) is 0 Å². The van der Waals surface area contributed by atoms with Gasteiger partial charge in [-0.05, 0) is 38.1 Å². The van der Waals surface area contributed by atoms with E-state index in [1.807, 2.05) is 10.8 Å². The zero-order valence-electron chi connectivity index (χ0n) is 8.63. The zero-order valence-corrected chi connectivity index (χ0v) is 8.63. The summed E-state index contributed by atoms with van der Waals surface area (Å²) < 4.78 is 1.83. The summed E-state index contributed by atoms with van der Waals surface area (Å²) in [5.74, 6) is 0.717. The van der Waals surface area contributed by atoms with Crippen LogP contribution in [0.4, 0.5) is 0 Å². The van der Waals surface area contributed by atoms with Crippen molar-refractivity contribution in [1.29, 1.82) is 5.26 Å². The van der Waals surface area contributed by atoms with Crippen molar-refractivity contribution >= 4 is 0 Å². The molecule has 5 nitrogen and oxygen atoms in total. The lowest BCUT2D eigenvalue weighted by atomic mass is 10.0. The zero-order chi connectivity index (χ0) is 10.7. The number of hydrogen-bond donors (Lipinski definition) is 1. The van der Waals surface area contributed by atoms with E-state index in [1.54, 1.807) is 6.20 Å². The predicted octanol–water partition coefficient (Wildman–Crippen LogP) is 0.840. The summed E-state index contributed by atoms with van der Waals surface area (Å²) in [5.41, 5.74) is 5.94. The SMILES string of the molecule is N#Cc1cn(C2CCC(CCN)C2)nn1. The van der Waals surface area contributed by atoms with Crippen LogP contribution in [-0.2, 0) is 0 Å². The van der Waals surface area contributed by atoms with Crippen molar-refractivity contribution < 1.29 is 0 Å². The lowest BCUT2D eigenvalue weighted by molar-refractivity contribution is 0.422.